The summed E-state index contributed by atoms with van der Waals surface area (Å²) in [7, 11) is 0. The molecule has 0 aliphatic carbocycles. The zero-order chi connectivity index (χ0) is 13.7. The van der Waals surface area contributed by atoms with E-state index in [9.17, 15) is 10.1 Å². The van der Waals surface area contributed by atoms with Crippen LogP contribution in [0.1, 0.15) is 10.4 Å². The molecule has 1 aromatic carbocycles. The van der Waals surface area contributed by atoms with E-state index in [0.717, 1.165) is 23.1 Å². The lowest BCUT2D eigenvalue weighted by molar-refractivity contribution is -0.385. The van der Waals surface area contributed by atoms with Crippen molar-refractivity contribution in [3.63, 3.8) is 0 Å². The Balaban J connectivity index is 1.84. The van der Waals surface area contributed by atoms with Crippen LogP contribution in [0.4, 0.5) is 5.69 Å². The van der Waals surface area contributed by atoms with Gasteiger partial charge >= 0.3 is 0 Å². The maximum Gasteiger partial charge on any atom is 0.272 e. The van der Waals surface area contributed by atoms with Crippen molar-refractivity contribution in [1.82, 2.24) is 5.32 Å². The second-order valence-corrected chi connectivity index (χ2v) is 5.96. The van der Waals surface area contributed by atoms with Crippen LogP contribution in [-0.2, 0) is 13.0 Å². The number of hydrogen-bond acceptors (Lipinski definition) is 4. The first-order chi connectivity index (χ1) is 9.16. The fourth-order valence-corrected chi connectivity index (χ4v) is 3.20. The molecule has 1 heterocycles. The maximum absolute atomic E-state index is 10.9. The normalized spacial score (nSPS) is 10.6. The number of hydrogen-bond donors (Lipinski definition) is 1. The van der Waals surface area contributed by atoms with Crippen LogP contribution >= 0.6 is 27.3 Å². The molecule has 0 aliphatic rings. The standard InChI is InChI=1S/C13H13BrN2O2S/c14-11-7-12(19-9-11)8-15-6-5-10-3-1-2-4-13(10)16(17)18/h1-4,7,9,15H,5-6,8H2. The number of nitrogens with zero attached hydrogens (tertiary/aromatic N) is 1. The Hall–Kier alpha value is -1.24. The van der Waals surface area contributed by atoms with Gasteiger partial charge in [-0.2, -0.15) is 0 Å². The van der Waals surface area contributed by atoms with Crippen LogP contribution < -0.4 is 5.32 Å². The predicted octanol–water partition coefficient (Wildman–Crippen LogP) is 3.75. The zero-order valence-corrected chi connectivity index (χ0v) is 12.5. The summed E-state index contributed by atoms with van der Waals surface area (Å²) in [6, 6.07) is 8.95. The maximum atomic E-state index is 10.9. The summed E-state index contributed by atoms with van der Waals surface area (Å²) >= 11 is 5.10. The second kappa shape index (κ2) is 6.79. The Bertz CT molecular complexity index is 571. The first kappa shape index (κ1) is 14.2. The van der Waals surface area contributed by atoms with Gasteiger partial charge in [0.1, 0.15) is 0 Å². The van der Waals surface area contributed by atoms with E-state index in [0.29, 0.717) is 6.42 Å². The highest BCUT2D eigenvalue weighted by Crippen LogP contribution is 2.20. The Morgan fingerprint density at radius 3 is 2.84 bits per heavy atom. The molecule has 0 radical (unpaired) electrons. The van der Waals surface area contributed by atoms with Crippen LogP contribution in [0.15, 0.2) is 40.2 Å². The molecule has 0 aliphatic heterocycles. The second-order valence-electron chi connectivity index (χ2n) is 4.04. The van der Waals surface area contributed by atoms with Gasteiger partial charge in [0.2, 0.25) is 0 Å². The third-order valence-electron chi connectivity index (χ3n) is 2.68. The molecule has 4 nitrogen and oxygen atoms in total. The Kier molecular flexibility index (Phi) is 5.07. The number of halogens is 1. The quantitative estimate of drug-likeness (QED) is 0.495. The molecule has 0 amide bonds. The average molecular weight is 341 g/mol. The highest BCUT2D eigenvalue weighted by Gasteiger charge is 2.11. The Labute approximate surface area is 123 Å². The van der Waals surface area contributed by atoms with Gasteiger partial charge in [0.25, 0.3) is 5.69 Å². The first-order valence-electron chi connectivity index (χ1n) is 5.83. The SMILES string of the molecule is O=[N+]([O-])c1ccccc1CCNCc1cc(Br)cs1. The van der Waals surface area contributed by atoms with Gasteiger partial charge in [-0.05, 0) is 35.0 Å². The van der Waals surface area contributed by atoms with Crippen molar-refractivity contribution >= 4 is 33.0 Å². The van der Waals surface area contributed by atoms with Crippen molar-refractivity contribution in [2.75, 3.05) is 6.54 Å². The van der Waals surface area contributed by atoms with Crippen LogP contribution in [0.2, 0.25) is 0 Å². The van der Waals surface area contributed by atoms with Gasteiger partial charge in [-0.15, -0.1) is 11.3 Å². The largest absolute Gasteiger partial charge is 0.312 e. The van der Waals surface area contributed by atoms with E-state index >= 15 is 0 Å². The van der Waals surface area contributed by atoms with E-state index in [1.165, 1.54) is 4.88 Å². The summed E-state index contributed by atoms with van der Waals surface area (Å²) in [6.45, 7) is 1.51. The van der Waals surface area contributed by atoms with Gasteiger partial charge in [0.15, 0.2) is 0 Å². The Morgan fingerprint density at radius 1 is 1.37 bits per heavy atom. The summed E-state index contributed by atoms with van der Waals surface area (Å²) < 4.78 is 1.09. The minimum Gasteiger partial charge on any atom is -0.312 e. The minimum atomic E-state index is -0.328. The fraction of sp³-hybridized carbons (Fsp3) is 0.231. The minimum absolute atomic E-state index is 0.197. The molecular formula is C13H13BrN2O2S. The van der Waals surface area contributed by atoms with Crippen LogP contribution in [0.5, 0.6) is 0 Å². The van der Waals surface area contributed by atoms with E-state index < -0.39 is 0 Å². The predicted molar refractivity (Wildman–Crippen MR) is 80.5 cm³/mol. The van der Waals surface area contributed by atoms with Crippen molar-refractivity contribution < 1.29 is 4.92 Å². The van der Waals surface area contributed by atoms with Gasteiger partial charge < -0.3 is 5.32 Å². The lowest BCUT2D eigenvalue weighted by atomic mass is 10.1. The summed E-state index contributed by atoms with van der Waals surface area (Å²) in [6.07, 6.45) is 0.656. The Morgan fingerprint density at radius 2 is 2.16 bits per heavy atom. The molecule has 100 valence electrons. The van der Waals surface area contributed by atoms with Gasteiger partial charge in [0, 0.05) is 32.9 Å². The molecule has 1 N–H and O–H groups in total. The topological polar surface area (TPSA) is 55.2 Å². The van der Waals surface area contributed by atoms with Crippen molar-refractivity contribution in [3.8, 4) is 0 Å². The van der Waals surface area contributed by atoms with E-state index in [1.54, 1.807) is 23.5 Å². The zero-order valence-electron chi connectivity index (χ0n) is 10.1. The van der Waals surface area contributed by atoms with E-state index in [-0.39, 0.29) is 10.6 Å². The molecule has 6 heteroatoms. The van der Waals surface area contributed by atoms with E-state index in [4.69, 9.17) is 0 Å². The molecule has 1 aromatic heterocycles. The van der Waals surface area contributed by atoms with Crippen LogP contribution in [0.25, 0.3) is 0 Å². The van der Waals surface area contributed by atoms with Gasteiger partial charge in [-0.1, -0.05) is 18.2 Å². The number of nitrogens with one attached hydrogen (secondary N) is 1. The fourth-order valence-electron chi connectivity index (χ4n) is 1.78. The van der Waals surface area contributed by atoms with Crippen LogP contribution in [0.3, 0.4) is 0 Å². The molecule has 19 heavy (non-hydrogen) atoms. The lowest BCUT2D eigenvalue weighted by Crippen LogP contribution is -2.16. The van der Waals surface area contributed by atoms with Gasteiger partial charge in [0.05, 0.1) is 4.92 Å². The monoisotopic (exact) mass is 340 g/mol. The average Bonchev–Trinajstić information content (AvgIpc) is 2.81. The highest BCUT2D eigenvalue weighted by atomic mass is 79.9. The molecule has 0 bridgehead atoms. The van der Waals surface area contributed by atoms with Crippen molar-refractivity contribution in [2.45, 2.75) is 13.0 Å². The van der Waals surface area contributed by atoms with E-state index in [2.05, 4.69) is 27.3 Å². The number of thiophene rings is 1. The third kappa shape index (κ3) is 4.12. The molecule has 0 atom stereocenters. The molecule has 0 saturated carbocycles. The van der Waals surface area contributed by atoms with Crippen LogP contribution in [-0.4, -0.2) is 11.5 Å². The molecule has 0 unspecified atom stereocenters. The van der Waals surface area contributed by atoms with Crippen molar-refractivity contribution in [1.29, 1.82) is 0 Å². The number of nitro groups is 1. The van der Waals surface area contributed by atoms with Gasteiger partial charge in [-0.3, -0.25) is 10.1 Å². The molecule has 0 saturated heterocycles. The third-order valence-corrected chi connectivity index (χ3v) is 4.38. The number of rotatable bonds is 6. The smallest absolute Gasteiger partial charge is 0.272 e. The lowest BCUT2D eigenvalue weighted by Gasteiger charge is -2.04. The summed E-state index contributed by atoms with van der Waals surface area (Å²) in [5.74, 6) is 0. The van der Waals surface area contributed by atoms with E-state index in [1.807, 2.05) is 17.5 Å². The molecule has 0 spiro atoms. The van der Waals surface area contributed by atoms with Crippen molar-refractivity contribution in [3.05, 3.63) is 60.7 Å². The molecule has 0 fully saturated rings. The number of para-hydroxylation sites is 1. The van der Waals surface area contributed by atoms with Gasteiger partial charge in [-0.25, -0.2) is 0 Å². The molecule has 2 aromatic rings. The highest BCUT2D eigenvalue weighted by molar-refractivity contribution is 9.10. The summed E-state index contributed by atoms with van der Waals surface area (Å²) in [5.41, 5.74) is 0.968. The first-order valence-corrected chi connectivity index (χ1v) is 7.50. The van der Waals surface area contributed by atoms with Crippen molar-refractivity contribution in [2.24, 2.45) is 0 Å². The summed E-state index contributed by atoms with van der Waals surface area (Å²) in [5, 5.41) is 16.2. The summed E-state index contributed by atoms with van der Waals surface area (Å²) in [4.78, 5) is 11.8. The number of nitro benzene ring substituents is 1. The molecular weight excluding hydrogens is 328 g/mol. The van der Waals surface area contributed by atoms with Crippen LogP contribution in [0, 0.1) is 10.1 Å². The molecule has 2 rings (SSSR count). The number of benzene rings is 1.